The number of nitrogens with zero attached hydrogens (tertiary/aromatic N) is 3. The van der Waals surface area contributed by atoms with Crippen molar-refractivity contribution in [3.05, 3.63) is 71.8 Å². The minimum absolute atomic E-state index is 0.137. The van der Waals surface area contributed by atoms with Gasteiger partial charge in [0, 0.05) is 12.1 Å². The lowest BCUT2D eigenvalue weighted by atomic mass is 10.1. The second kappa shape index (κ2) is 8.62. The zero-order chi connectivity index (χ0) is 18.4. The molecule has 0 amide bonds. The van der Waals surface area contributed by atoms with Crippen LogP contribution in [-0.4, -0.2) is 33.1 Å². The molecular formula is C19H18FN3O2S. The van der Waals surface area contributed by atoms with Crippen molar-refractivity contribution in [3.63, 3.8) is 0 Å². The number of ether oxygens (including phenoxy) is 1. The molecule has 0 aliphatic carbocycles. The first-order chi connectivity index (χ1) is 12.7. The molecule has 1 aromatic heterocycles. The fourth-order valence-electron chi connectivity index (χ4n) is 2.46. The van der Waals surface area contributed by atoms with Crippen molar-refractivity contribution in [2.45, 2.75) is 18.5 Å². The van der Waals surface area contributed by atoms with E-state index in [1.54, 1.807) is 19.1 Å². The highest BCUT2D eigenvalue weighted by Crippen LogP contribution is 2.24. The normalized spacial score (nSPS) is 10.7. The molecule has 5 nitrogen and oxygen atoms in total. The average Bonchev–Trinajstić information content (AvgIpc) is 3.04. The first-order valence-electron chi connectivity index (χ1n) is 8.20. The smallest absolute Gasteiger partial charge is 0.316 e. The molecule has 0 aliphatic heterocycles. The Morgan fingerprint density at radius 1 is 1.12 bits per heavy atom. The largest absolute Gasteiger partial charge is 0.465 e. The van der Waals surface area contributed by atoms with Gasteiger partial charge in [-0.1, -0.05) is 42.1 Å². The summed E-state index contributed by atoms with van der Waals surface area (Å²) in [4.78, 5) is 11.7. The van der Waals surface area contributed by atoms with Gasteiger partial charge in [-0.15, -0.1) is 10.2 Å². The maximum Gasteiger partial charge on any atom is 0.316 e. The first kappa shape index (κ1) is 18.1. The van der Waals surface area contributed by atoms with Crippen molar-refractivity contribution in [2.75, 3.05) is 12.4 Å². The Morgan fingerprint density at radius 2 is 1.85 bits per heavy atom. The van der Waals surface area contributed by atoms with Gasteiger partial charge < -0.3 is 4.74 Å². The lowest BCUT2D eigenvalue weighted by molar-refractivity contribution is -0.139. The van der Waals surface area contributed by atoms with Crippen molar-refractivity contribution in [1.29, 1.82) is 0 Å². The SMILES string of the molecule is CCOC(=O)CSc1nnc(Cc2ccccc2)n1-c1ccc(F)cc1. The Bertz CT molecular complexity index is 866. The van der Waals surface area contributed by atoms with E-state index >= 15 is 0 Å². The number of carbonyl (C=O) groups is 1. The fraction of sp³-hybridized carbons (Fsp3) is 0.211. The van der Waals surface area contributed by atoms with Crippen LogP contribution in [0.15, 0.2) is 59.8 Å². The molecule has 7 heteroatoms. The van der Waals surface area contributed by atoms with E-state index in [2.05, 4.69) is 10.2 Å². The van der Waals surface area contributed by atoms with Gasteiger partial charge in [-0.2, -0.15) is 0 Å². The molecule has 0 aliphatic rings. The Hall–Kier alpha value is -2.67. The van der Waals surface area contributed by atoms with Crippen LogP contribution in [0.5, 0.6) is 0 Å². The van der Waals surface area contributed by atoms with Gasteiger partial charge in [0.25, 0.3) is 0 Å². The van der Waals surface area contributed by atoms with Crippen LogP contribution in [0.25, 0.3) is 5.69 Å². The number of hydrogen-bond donors (Lipinski definition) is 0. The number of thioether (sulfide) groups is 1. The van der Waals surface area contributed by atoms with Gasteiger partial charge in [0.05, 0.1) is 12.4 Å². The van der Waals surface area contributed by atoms with Crippen LogP contribution in [0.4, 0.5) is 4.39 Å². The molecule has 0 saturated heterocycles. The summed E-state index contributed by atoms with van der Waals surface area (Å²) in [5, 5.41) is 9.06. The summed E-state index contributed by atoms with van der Waals surface area (Å²) in [5.74, 6) is 0.232. The van der Waals surface area contributed by atoms with E-state index in [9.17, 15) is 9.18 Å². The molecule has 0 radical (unpaired) electrons. The number of hydrogen-bond acceptors (Lipinski definition) is 5. The number of benzene rings is 2. The van der Waals surface area contributed by atoms with Crippen molar-refractivity contribution in [1.82, 2.24) is 14.8 Å². The van der Waals surface area contributed by atoms with E-state index in [0.29, 0.717) is 24.0 Å². The van der Waals surface area contributed by atoms with Crippen LogP contribution in [0, 0.1) is 5.82 Å². The maximum absolute atomic E-state index is 13.3. The Labute approximate surface area is 155 Å². The van der Waals surface area contributed by atoms with E-state index in [-0.39, 0.29) is 17.5 Å². The Balaban J connectivity index is 1.91. The molecule has 26 heavy (non-hydrogen) atoms. The lowest BCUT2D eigenvalue weighted by Gasteiger charge is -2.10. The third-order valence-corrected chi connectivity index (χ3v) is 4.52. The van der Waals surface area contributed by atoms with Gasteiger partial charge in [-0.3, -0.25) is 9.36 Å². The molecule has 0 atom stereocenters. The maximum atomic E-state index is 13.3. The summed E-state index contributed by atoms with van der Waals surface area (Å²) in [6.07, 6.45) is 0.575. The van der Waals surface area contributed by atoms with Gasteiger partial charge in [0.2, 0.25) is 0 Å². The first-order valence-corrected chi connectivity index (χ1v) is 9.18. The quantitative estimate of drug-likeness (QED) is 0.469. The summed E-state index contributed by atoms with van der Waals surface area (Å²) < 4.78 is 20.1. The molecular weight excluding hydrogens is 353 g/mol. The lowest BCUT2D eigenvalue weighted by Crippen LogP contribution is -2.08. The second-order valence-corrected chi connectivity index (χ2v) is 6.41. The zero-order valence-corrected chi connectivity index (χ0v) is 15.1. The monoisotopic (exact) mass is 371 g/mol. The van der Waals surface area contributed by atoms with E-state index < -0.39 is 0 Å². The van der Waals surface area contributed by atoms with Crippen molar-refractivity contribution in [3.8, 4) is 5.69 Å². The van der Waals surface area contributed by atoms with Crippen LogP contribution in [0.1, 0.15) is 18.3 Å². The minimum atomic E-state index is -0.313. The highest BCUT2D eigenvalue weighted by molar-refractivity contribution is 7.99. The molecule has 3 aromatic rings. The summed E-state index contributed by atoms with van der Waals surface area (Å²) in [6, 6.07) is 16.0. The molecule has 0 unspecified atom stereocenters. The van der Waals surface area contributed by atoms with Crippen molar-refractivity contribution in [2.24, 2.45) is 0 Å². The summed E-state index contributed by atoms with van der Waals surface area (Å²) >= 11 is 1.25. The van der Waals surface area contributed by atoms with Gasteiger partial charge in [-0.25, -0.2) is 4.39 Å². The molecule has 2 aromatic carbocycles. The molecule has 3 rings (SSSR count). The molecule has 0 fully saturated rings. The molecule has 0 bridgehead atoms. The van der Waals surface area contributed by atoms with Crippen LogP contribution < -0.4 is 0 Å². The molecule has 0 saturated carbocycles. The van der Waals surface area contributed by atoms with Gasteiger partial charge in [-0.05, 0) is 36.8 Å². The van der Waals surface area contributed by atoms with E-state index in [0.717, 1.165) is 11.3 Å². The third-order valence-electron chi connectivity index (χ3n) is 3.61. The summed E-state index contributed by atoms with van der Waals surface area (Å²) in [7, 11) is 0. The Kier molecular flexibility index (Phi) is 6.01. The molecule has 0 N–H and O–H groups in total. The Morgan fingerprint density at radius 3 is 2.54 bits per heavy atom. The third kappa shape index (κ3) is 4.49. The molecule has 134 valence electrons. The van der Waals surface area contributed by atoms with Gasteiger partial charge in [0.1, 0.15) is 11.6 Å². The van der Waals surface area contributed by atoms with Gasteiger partial charge >= 0.3 is 5.97 Å². The number of aromatic nitrogens is 3. The predicted molar refractivity (Wildman–Crippen MR) is 97.9 cm³/mol. The van der Waals surface area contributed by atoms with Crippen molar-refractivity contribution < 1.29 is 13.9 Å². The van der Waals surface area contributed by atoms with Crippen molar-refractivity contribution >= 4 is 17.7 Å². The van der Waals surface area contributed by atoms with E-state index in [1.165, 1.54) is 23.9 Å². The summed E-state index contributed by atoms with van der Waals surface area (Å²) in [5.41, 5.74) is 1.83. The highest BCUT2D eigenvalue weighted by atomic mass is 32.2. The fourth-order valence-corrected chi connectivity index (χ4v) is 3.23. The minimum Gasteiger partial charge on any atom is -0.465 e. The molecule has 1 heterocycles. The van der Waals surface area contributed by atoms with Gasteiger partial charge in [0.15, 0.2) is 5.16 Å². The zero-order valence-electron chi connectivity index (χ0n) is 14.3. The number of carbonyl (C=O) groups excluding carboxylic acids is 1. The average molecular weight is 371 g/mol. The standard InChI is InChI=1S/C19H18FN3O2S/c1-2-25-18(24)13-26-19-22-21-17(12-14-6-4-3-5-7-14)23(19)16-10-8-15(20)9-11-16/h3-11H,2,12-13H2,1H3. The van der Waals surface area contributed by atoms with Crippen LogP contribution >= 0.6 is 11.8 Å². The number of esters is 1. The van der Waals surface area contributed by atoms with Crippen LogP contribution in [0.3, 0.4) is 0 Å². The number of halogens is 1. The van der Waals surface area contributed by atoms with E-state index in [4.69, 9.17) is 4.74 Å². The second-order valence-electron chi connectivity index (χ2n) is 5.47. The van der Waals surface area contributed by atoms with Crippen LogP contribution in [-0.2, 0) is 16.0 Å². The van der Waals surface area contributed by atoms with E-state index in [1.807, 2.05) is 34.9 Å². The number of rotatable bonds is 7. The highest BCUT2D eigenvalue weighted by Gasteiger charge is 2.16. The molecule has 0 spiro atoms. The predicted octanol–water partition coefficient (Wildman–Crippen LogP) is 3.65. The topological polar surface area (TPSA) is 57.0 Å². The summed E-state index contributed by atoms with van der Waals surface area (Å²) in [6.45, 7) is 2.10. The van der Waals surface area contributed by atoms with Crippen LogP contribution in [0.2, 0.25) is 0 Å².